The quantitative estimate of drug-likeness (QED) is 0.752. The van der Waals surface area contributed by atoms with E-state index in [-0.39, 0.29) is 0 Å². The molecule has 0 radical (unpaired) electrons. The van der Waals surface area contributed by atoms with Crippen LogP contribution in [0.25, 0.3) is 0 Å². The monoisotopic (exact) mass is 241 g/mol. The van der Waals surface area contributed by atoms with Gasteiger partial charge in [0.2, 0.25) is 5.91 Å². The summed E-state index contributed by atoms with van der Waals surface area (Å²) in [6, 6.07) is 0. The maximum absolute atomic E-state index is 11.9. The lowest BCUT2D eigenvalue weighted by Gasteiger charge is -2.34. The lowest BCUT2D eigenvalue weighted by Crippen LogP contribution is -2.49. The molecule has 0 aliphatic carbocycles. The molecule has 4 heteroatoms. The Morgan fingerprint density at radius 2 is 1.88 bits per heavy atom. The van der Waals surface area contributed by atoms with Crippen LogP contribution in [0.4, 0.5) is 0 Å². The third-order valence-corrected chi connectivity index (χ3v) is 3.34. The van der Waals surface area contributed by atoms with Crippen molar-refractivity contribution in [3.63, 3.8) is 0 Å². The van der Waals surface area contributed by atoms with E-state index in [9.17, 15) is 4.79 Å². The summed E-state index contributed by atoms with van der Waals surface area (Å²) in [7, 11) is 0. The molecule has 1 amide bonds. The highest BCUT2D eigenvalue weighted by molar-refractivity contribution is 5.76. The van der Waals surface area contributed by atoms with Gasteiger partial charge in [-0.3, -0.25) is 9.69 Å². The predicted octanol–water partition coefficient (Wildman–Crippen LogP) is 0.916. The van der Waals surface area contributed by atoms with Gasteiger partial charge >= 0.3 is 0 Å². The van der Waals surface area contributed by atoms with Crippen molar-refractivity contribution in [3.05, 3.63) is 0 Å². The van der Waals surface area contributed by atoms with Gasteiger partial charge in [-0.1, -0.05) is 13.8 Å². The zero-order valence-electron chi connectivity index (χ0n) is 11.3. The van der Waals surface area contributed by atoms with Crippen molar-refractivity contribution in [1.29, 1.82) is 0 Å². The summed E-state index contributed by atoms with van der Waals surface area (Å²) < 4.78 is 0. The first kappa shape index (κ1) is 14.5. The van der Waals surface area contributed by atoms with Crippen LogP contribution in [0.1, 0.15) is 33.1 Å². The van der Waals surface area contributed by atoms with Gasteiger partial charge in [0.15, 0.2) is 0 Å². The summed E-state index contributed by atoms with van der Waals surface area (Å²) in [5.74, 6) is 0.946. The van der Waals surface area contributed by atoms with Gasteiger partial charge in [-0.05, 0) is 31.8 Å². The zero-order valence-corrected chi connectivity index (χ0v) is 11.3. The molecule has 1 aliphatic rings. The SMILES string of the molecule is CC(C)CCC(=O)N1CCN(CCCN)CC1. The molecule has 4 nitrogen and oxygen atoms in total. The number of hydrogen-bond acceptors (Lipinski definition) is 3. The van der Waals surface area contributed by atoms with Gasteiger partial charge in [-0.25, -0.2) is 0 Å². The number of amides is 1. The predicted molar refractivity (Wildman–Crippen MR) is 70.8 cm³/mol. The number of nitrogens with zero attached hydrogens (tertiary/aromatic N) is 2. The average Bonchev–Trinajstić information content (AvgIpc) is 2.34. The van der Waals surface area contributed by atoms with E-state index in [1.807, 2.05) is 4.90 Å². The van der Waals surface area contributed by atoms with Gasteiger partial charge in [0, 0.05) is 32.6 Å². The molecule has 0 bridgehead atoms. The lowest BCUT2D eigenvalue weighted by molar-refractivity contribution is -0.133. The normalized spacial score (nSPS) is 17.8. The van der Waals surface area contributed by atoms with Gasteiger partial charge < -0.3 is 10.6 Å². The van der Waals surface area contributed by atoms with Crippen molar-refractivity contribution in [3.8, 4) is 0 Å². The molecule has 1 heterocycles. The summed E-state index contributed by atoms with van der Waals surface area (Å²) in [5, 5.41) is 0. The average molecular weight is 241 g/mol. The minimum atomic E-state index is 0.331. The fraction of sp³-hybridized carbons (Fsp3) is 0.923. The fourth-order valence-electron chi connectivity index (χ4n) is 2.11. The summed E-state index contributed by atoms with van der Waals surface area (Å²) >= 11 is 0. The van der Waals surface area contributed by atoms with Crippen LogP contribution in [0.3, 0.4) is 0 Å². The van der Waals surface area contributed by atoms with Gasteiger partial charge in [0.25, 0.3) is 0 Å². The summed E-state index contributed by atoms with van der Waals surface area (Å²) in [4.78, 5) is 16.3. The molecule has 0 aromatic rings. The van der Waals surface area contributed by atoms with E-state index >= 15 is 0 Å². The first-order chi connectivity index (χ1) is 8.13. The number of piperazine rings is 1. The van der Waals surface area contributed by atoms with Gasteiger partial charge in [-0.2, -0.15) is 0 Å². The van der Waals surface area contributed by atoms with E-state index in [2.05, 4.69) is 18.7 Å². The first-order valence-corrected chi connectivity index (χ1v) is 6.83. The highest BCUT2D eigenvalue weighted by Gasteiger charge is 2.20. The minimum Gasteiger partial charge on any atom is -0.340 e. The molecule has 0 spiro atoms. The Kier molecular flexibility index (Phi) is 6.52. The molecule has 0 atom stereocenters. The summed E-state index contributed by atoms with van der Waals surface area (Å²) in [6.07, 6.45) is 2.77. The van der Waals surface area contributed by atoms with Crippen LogP contribution in [-0.2, 0) is 4.79 Å². The highest BCUT2D eigenvalue weighted by atomic mass is 16.2. The molecular weight excluding hydrogens is 214 g/mol. The second-order valence-corrected chi connectivity index (χ2v) is 5.30. The van der Waals surface area contributed by atoms with Crippen LogP contribution in [0.5, 0.6) is 0 Å². The second kappa shape index (κ2) is 7.67. The van der Waals surface area contributed by atoms with Crippen molar-refractivity contribution < 1.29 is 4.79 Å². The van der Waals surface area contributed by atoms with Gasteiger partial charge in [0.1, 0.15) is 0 Å². The topological polar surface area (TPSA) is 49.6 Å². The lowest BCUT2D eigenvalue weighted by atomic mass is 10.1. The Balaban J connectivity index is 2.19. The number of nitrogens with two attached hydrogens (primary N) is 1. The Morgan fingerprint density at radius 1 is 1.24 bits per heavy atom. The number of hydrogen-bond donors (Lipinski definition) is 1. The zero-order chi connectivity index (χ0) is 12.7. The van der Waals surface area contributed by atoms with Crippen molar-refractivity contribution in [2.24, 2.45) is 11.7 Å². The molecule has 1 rings (SSSR count). The van der Waals surface area contributed by atoms with E-state index in [4.69, 9.17) is 5.73 Å². The Labute approximate surface area is 105 Å². The van der Waals surface area contributed by atoms with Crippen molar-refractivity contribution >= 4 is 5.91 Å². The molecule has 0 saturated carbocycles. The third-order valence-electron chi connectivity index (χ3n) is 3.34. The molecule has 0 aromatic carbocycles. The van der Waals surface area contributed by atoms with Crippen LogP contribution >= 0.6 is 0 Å². The molecule has 17 heavy (non-hydrogen) atoms. The Bertz CT molecular complexity index is 223. The van der Waals surface area contributed by atoms with Crippen molar-refractivity contribution in [2.45, 2.75) is 33.1 Å². The second-order valence-electron chi connectivity index (χ2n) is 5.30. The minimum absolute atomic E-state index is 0.331. The van der Waals surface area contributed by atoms with Crippen LogP contribution in [-0.4, -0.2) is 55.0 Å². The maximum atomic E-state index is 11.9. The molecule has 1 aliphatic heterocycles. The molecule has 2 N–H and O–H groups in total. The van der Waals surface area contributed by atoms with Crippen LogP contribution < -0.4 is 5.73 Å². The highest BCUT2D eigenvalue weighted by Crippen LogP contribution is 2.09. The van der Waals surface area contributed by atoms with E-state index in [0.717, 1.165) is 52.1 Å². The molecular formula is C13H27N3O. The number of carbonyl (C=O) groups is 1. The Morgan fingerprint density at radius 3 is 2.41 bits per heavy atom. The van der Waals surface area contributed by atoms with Gasteiger partial charge in [-0.15, -0.1) is 0 Å². The van der Waals surface area contributed by atoms with E-state index in [1.54, 1.807) is 0 Å². The van der Waals surface area contributed by atoms with E-state index in [1.165, 1.54) is 0 Å². The largest absolute Gasteiger partial charge is 0.340 e. The maximum Gasteiger partial charge on any atom is 0.222 e. The van der Waals surface area contributed by atoms with Crippen LogP contribution in [0, 0.1) is 5.92 Å². The summed E-state index contributed by atoms with van der Waals surface area (Å²) in [6.45, 7) is 9.96. The van der Waals surface area contributed by atoms with E-state index in [0.29, 0.717) is 18.2 Å². The molecule has 0 unspecified atom stereocenters. The smallest absolute Gasteiger partial charge is 0.222 e. The molecule has 0 aromatic heterocycles. The van der Waals surface area contributed by atoms with E-state index < -0.39 is 0 Å². The first-order valence-electron chi connectivity index (χ1n) is 6.83. The Hall–Kier alpha value is -0.610. The standard InChI is InChI=1S/C13H27N3O/c1-12(2)4-5-13(17)16-10-8-15(9-11-16)7-3-6-14/h12H,3-11,14H2,1-2H3. The van der Waals surface area contributed by atoms with Crippen LogP contribution in [0.15, 0.2) is 0 Å². The number of rotatable bonds is 6. The van der Waals surface area contributed by atoms with Gasteiger partial charge in [0.05, 0.1) is 0 Å². The number of carbonyl (C=O) groups excluding carboxylic acids is 1. The summed E-state index contributed by atoms with van der Waals surface area (Å²) in [5.41, 5.74) is 5.50. The molecule has 1 fully saturated rings. The molecule has 100 valence electrons. The third kappa shape index (κ3) is 5.50. The van der Waals surface area contributed by atoms with Crippen LogP contribution in [0.2, 0.25) is 0 Å². The fourth-order valence-corrected chi connectivity index (χ4v) is 2.11. The van der Waals surface area contributed by atoms with Crippen molar-refractivity contribution in [1.82, 2.24) is 9.80 Å². The van der Waals surface area contributed by atoms with Crippen molar-refractivity contribution in [2.75, 3.05) is 39.3 Å². The molecule has 1 saturated heterocycles.